The number of rotatable bonds is 8. The van der Waals surface area contributed by atoms with Gasteiger partial charge in [-0.15, -0.1) is 0 Å². The molecule has 0 radical (unpaired) electrons. The molecule has 0 amide bonds. The fourth-order valence-corrected chi connectivity index (χ4v) is 3.29. The second kappa shape index (κ2) is 13.1. The molecule has 164 valence electrons. The fourth-order valence-electron chi connectivity index (χ4n) is 3.29. The number of carbonyl (C=O) groups is 2. The van der Waals surface area contributed by atoms with Crippen LogP contribution in [-0.2, 0) is 28.5 Å². The summed E-state index contributed by atoms with van der Waals surface area (Å²) in [6, 6.07) is 0. The summed E-state index contributed by atoms with van der Waals surface area (Å²) in [4.78, 5) is 22.4. The first-order valence-electron chi connectivity index (χ1n) is 10.3. The zero-order chi connectivity index (χ0) is 21.1. The molecule has 2 rings (SSSR count). The molecule has 0 aliphatic heterocycles. The first-order valence-corrected chi connectivity index (χ1v) is 10.3. The highest BCUT2D eigenvalue weighted by molar-refractivity contribution is 5.74. The lowest BCUT2D eigenvalue weighted by Gasteiger charge is -2.19. The van der Waals surface area contributed by atoms with E-state index in [1.165, 1.54) is 0 Å². The highest BCUT2D eigenvalue weighted by atomic mass is 16.6. The minimum atomic E-state index is -0.576. The van der Waals surface area contributed by atoms with Gasteiger partial charge in [-0.3, -0.25) is 0 Å². The highest BCUT2D eigenvalue weighted by Crippen LogP contribution is 2.24. The Morgan fingerprint density at radius 1 is 0.786 bits per heavy atom. The maximum absolute atomic E-state index is 11.2. The van der Waals surface area contributed by atoms with Crippen LogP contribution in [-0.4, -0.2) is 72.0 Å². The Morgan fingerprint density at radius 3 is 1.39 bits per heavy atom. The summed E-state index contributed by atoms with van der Waals surface area (Å²) in [6.45, 7) is 7.55. The number of esters is 2. The van der Waals surface area contributed by atoms with Crippen LogP contribution in [0.4, 0.5) is 0 Å². The van der Waals surface area contributed by atoms with E-state index in [4.69, 9.17) is 18.9 Å². The monoisotopic (exact) mass is 404 g/mol. The molecule has 0 aromatic heterocycles. The van der Waals surface area contributed by atoms with Crippen LogP contribution in [0.1, 0.15) is 66.2 Å². The molecule has 0 spiro atoms. The molecule has 0 unspecified atom stereocenters. The molecule has 8 heteroatoms. The lowest BCUT2D eigenvalue weighted by molar-refractivity contribution is -0.162. The molecule has 0 aromatic rings. The number of ether oxygens (including phenoxy) is 4. The van der Waals surface area contributed by atoms with Crippen molar-refractivity contribution in [1.29, 1.82) is 0 Å². The van der Waals surface area contributed by atoms with Gasteiger partial charge in [0.2, 0.25) is 0 Å². The van der Waals surface area contributed by atoms with Crippen LogP contribution in [0.25, 0.3) is 0 Å². The van der Waals surface area contributed by atoms with Crippen molar-refractivity contribution in [2.45, 2.75) is 103 Å². The molecule has 2 aliphatic rings. The minimum absolute atomic E-state index is 0.200. The van der Waals surface area contributed by atoms with Gasteiger partial charge in [-0.05, 0) is 66.2 Å². The van der Waals surface area contributed by atoms with Crippen molar-refractivity contribution in [2.75, 3.05) is 13.2 Å². The summed E-state index contributed by atoms with van der Waals surface area (Å²) in [5.74, 6) is -0.710. The van der Waals surface area contributed by atoms with Crippen molar-refractivity contribution in [3.63, 3.8) is 0 Å². The van der Waals surface area contributed by atoms with Crippen LogP contribution in [0, 0.1) is 0 Å². The number of hydrogen-bond donors (Lipinski definition) is 2. The molecule has 0 bridgehead atoms. The van der Waals surface area contributed by atoms with Gasteiger partial charge in [0, 0.05) is 0 Å². The van der Waals surface area contributed by atoms with Crippen LogP contribution < -0.4 is 0 Å². The van der Waals surface area contributed by atoms with Crippen molar-refractivity contribution < 1.29 is 38.7 Å². The van der Waals surface area contributed by atoms with Crippen molar-refractivity contribution in [2.24, 2.45) is 0 Å². The molecule has 2 N–H and O–H groups in total. The summed E-state index contributed by atoms with van der Waals surface area (Å²) in [6.07, 6.45) is 2.70. The molecule has 0 heterocycles. The van der Waals surface area contributed by atoms with Crippen molar-refractivity contribution in [3.05, 3.63) is 0 Å². The molecule has 0 saturated heterocycles. The molecule has 8 nitrogen and oxygen atoms in total. The first-order chi connectivity index (χ1) is 13.3. The largest absolute Gasteiger partial charge is 0.464 e. The number of hydrogen-bond acceptors (Lipinski definition) is 8. The van der Waals surface area contributed by atoms with Gasteiger partial charge in [0.25, 0.3) is 0 Å². The van der Waals surface area contributed by atoms with Gasteiger partial charge in [-0.1, -0.05) is 0 Å². The highest BCUT2D eigenvalue weighted by Gasteiger charge is 2.30. The third kappa shape index (κ3) is 8.43. The van der Waals surface area contributed by atoms with Gasteiger partial charge in [0.15, 0.2) is 12.2 Å². The van der Waals surface area contributed by atoms with E-state index >= 15 is 0 Å². The van der Waals surface area contributed by atoms with Crippen LogP contribution in [0.15, 0.2) is 0 Å². The topological polar surface area (TPSA) is 112 Å². The van der Waals surface area contributed by atoms with Gasteiger partial charge < -0.3 is 29.2 Å². The number of aliphatic hydroxyl groups is 2. The summed E-state index contributed by atoms with van der Waals surface area (Å²) in [7, 11) is 0. The Labute approximate surface area is 167 Å². The summed E-state index contributed by atoms with van der Waals surface area (Å²) < 4.78 is 20.4. The van der Waals surface area contributed by atoms with Gasteiger partial charge in [-0.25, -0.2) is 9.59 Å². The Morgan fingerprint density at radius 2 is 1.14 bits per heavy atom. The maximum Gasteiger partial charge on any atom is 0.334 e. The lowest BCUT2D eigenvalue weighted by Crippen LogP contribution is -2.32. The van der Waals surface area contributed by atoms with Crippen LogP contribution in [0.2, 0.25) is 0 Å². The molecule has 2 aliphatic carbocycles. The zero-order valence-electron chi connectivity index (χ0n) is 17.5. The average molecular weight is 405 g/mol. The molecule has 2 fully saturated rings. The average Bonchev–Trinajstić information content (AvgIpc) is 3.24. The van der Waals surface area contributed by atoms with Crippen LogP contribution in [0.3, 0.4) is 0 Å². The van der Waals surface area contributed by atoms with Gasteiger partial charge in [0.1, 0.15) is 0 Å². The predicted molar refractivity (Wildman–Crippen MR) is 102 cm³/mol. The Hall–Kier alpha value is -1.22. The van der Waals surface area contributed by atoms with E-state index < -0.39 is 24.4 Å². The van der Waals surface area contributed by atoms with E-state index in [2.05, 4.69) is 0 Å². The number of aliphatic hydroxyl groups excluding tert-OH is 2. The zero-order valence-corrected chi connectivity index (χ0v) is 17.5. The summed E-state index contributed by atoms with van der Waals surface area (Å²) >= 11 is 0. The van der Waals surface area contributed by atoms with Crippen molar-refractivity contribution in [1.82, 2.24) is 0 Å². The standard InChI is InChI=1S/2C10H18O4/c2*1-3-13-10(12)7(2)14-9-6-4-5-8(9)11/h2*7-9,11H,3-6H2,1-2H3/t7-,8+,9+;7-,8-,9-/m00/s1. The molecule has 28 heavy (non-hydrogen) atoms. The second-order valence-corrected chi connectivity index (χ2v) is 7.13. The second-order valence-electron chi connectivity index (χ2n) is 7.13. The maximum atomic E-state index is 11.2. The van der Waals surface area contributed by atoms with Crippen LogP contribution >= 0.6 is 0 Å². The summed E-state index contributed by atoms with van der Waals surface area (Å²) in [5, 5.41) is 18.9. The molecule has 0 aromatic carbocycles. The number of carbonyl (C=O) groups excluding carboxylic acids is 2. The first kappa shape index (κ1) is 24.8. The van der Waals surface area contributed by atoms with E-state index in [0.717, 1.165) is 38.5 Å². The third-order valence-electron chi connectivity index (χ3n) is 4.83. The van der Waals surface area contributed by atoms with Crippen LogP contribution in [0.5, 0.6) is 0 Å². The molecular formula is C20H36O8. The van der Waals surface area contributed by atoms with Gasteiger partial charge in [0.05, 0.1) is 37.6 Å². The normalized spacial score (nSPS) is 28.8. The molecular weight excluding hydrogens is 368 g/mol. The quantitative estimate of drug-likeness (QED) is 0.589. The van der Waals surface area contributed by atoms with Crippen molar-refractivity contribution >= 4 is 11.9 Å². The van der Waals surface area contributed by atoms with E-state index in [9.17, 15) is 19.8 Å². The molecule has 6 atom stereocenters. The Balaban J connectivity index is 0.000000280. The SMILES string of the molecule is CCOC(=O)[C@H](C)O[C@@H]1CCC[C@H]1O.CCOC(=O)[C@H](C)O[C@H]1CCC[C@@H]1O. The van der Waals surface area contributed by atoms with Crippen molar-refractivity contribution in [3.8, 4) is 0 Å². The third-order valence-corrected chi connectivity index (χ3v) is 4.83. The van der Waals surface area contributed by atoms with E-state index in [1.54, 1.807) is 27.7 Å². The lowest BCUT2D eigenvalue weighted by atomic mass is 10.2. The Kier molecular flexibility index (Phi) is 11.6. The van der Waals surface area contributed by atoms with Gasteiger partial charge >= 0.3 is 11.9 Å². The summed E-state index contributed by atoms with van der Waals surface area (Å²) in [5.41, 5.74) is 0. The van der Waals surface area contributed by atoms with E-state index in [1.807, 2.05) is 0 Å². The Bertz CT molecular complexity index is 427. The predicted octanol–water partition coefficient (Wildman–Crippen LogP) is 1.74. The minimum Gasteiger partial charge on any atom is -0.464 e. The van der Waals surface area contributed by atoms with E-state index in [0.29, 0.717) is 13.2 Å². The molecule has 2 saturated carbocycles. The van der Waals surface area contributed by atoms with E-state index in [-0.39, 0.29) is 24.1 Å². The van der Waals surface area contributed by atoms with Gasteiger partial charge in [-0.2, -0.15) is 0 Å². The smallest absolute Gasteiger partial charge is 0.334 e. The fraction of sp³-hybridized carbons (Fsp3) is 0.900.